The summed E-state index contributed by atoms with van der Waals surface area (Å²) in [7, 11) is 0. The Morgan fingerprint density at radius 2 is 1.96 bits per heavy atom. The molecule has 6 heteroatoms. The van der Waals surface area contributed by atoms with Crippen LogP contribution in [-0.2, 0) is 0 Å². The van der Waals surface area contributed by atoms with E-state index in [2.05, 4.69) is 15.6 Å². The normalized spacial score (nSPS) is 14.9. The molecular formula is C18H26N4O2. The molecule has 6 nitrogen and oxygen atoms in total. The first-order chi connectivity index (χ1) is 11.3. The van der Waals surface area contributed by atoms with E-state index < -0.39 is 5.60 Å². The van der Waals surface area contributed by atoms with Crippen molar-refractivity contribution in [3.8, 4) is 5.69 Å². The molecule has 0 saturated heterocycles. The number of carbonyl (C=O) groups is 1. The highest BCUT2D eigenvalue weighted by Crippen LogP contribution is 2.19. The Labute approximate surface area is 142 Å². The molecule has 0 aliphatic heterocycles. The summed E-state index contributed by atoms with van der Waals surface area (Å²) in [6, 6.07) is 7.85. The molecule has 1 heterocycles. The van der Waals surface area contributed by atoms with Crippen molar-refractivity contribution in [1.82, 2.24) is 20.3 Å². The van der Waals surface area contributed by atoms with Gasteiger partial charge in [-0.2, -0.15) is 0 Å². The highest BCUT2D eigenvalue weighted by Gasteiger charge is 2.28. The van der Waals surface area contributed by atoms with Crippen molar-refractivity contribution in [2.45, 2.75) is 46.6 Å². The molecule has 2 aromatic rings. The molecule has 24 heavy (non-hydrogen) atoms. The molecule has 2 unspecified atom stereocenters. The van der Waals surface area contributed by atoms with E-state index in [-0.39, 0.29) is 24.1 Å². The second-order valence-corrected chi connectivity index (χ2v) is 6.62. The predicted molar refractivity (Wildman–Crippen MR) is 93.2 cm³/mol. The van der Waals surface area contributed by atoms with Gasteiger partial charge in [-0.15, -0.1) is 5.10 Å². The Kier molecular flexibility index (Phi) is 5.39. The van der Waals surface area contributed by atoms with Crippen LogP contribution in [0.4, 0.5) is 0 Å². The van der Waals surface area contributed by atoms with Crippen molar-refractivity contribution in [3.63, 3.8) is 0 Å². The molecule has 0 spiro atoms. The number of aliphatic hydroxyl groups is 1. The zero-order valence-corrected chi connectivity index (χ0v) is 15.0. The molecule has 0 saturated carbocycles. The number of nitrogens with one attached hydrogen (secondary N) is 1. The van der Waals surface area contributed by atoms with Gasteiger partial charge in [0.25, 0.3) is 5.91 Å². The third-order valence-corrected chi connectivity index (χ3v) is 4.67. The molecule has 1 aromatic heterocycles. The smallest absolute Gasteiger partial charge is 0.273 e. The van der Waals surface area contributed by atoms with Gasteiger partial charge >= 0.3 is 0 Å². The van der Waals surface area contributed by atoms with E-state index in [4.69, 9.17) is 0 Å². The third kappa shape index (κ3) is 3.82. The Hall–Kier alpha value is -2.21. The van der Waals surface area contributed by atoms with Gasteiger partial charge in [-0.1, -0.05) is 43.2 Å². The lowest BCUT2D eigenvalue weighted by Crippen LogP contribution is -2.45. The molecular weight excluding hydrogens is 304 g/mol. The minimum absolute atomic E-state index is 0.0853. The first-order valence-electron chi connectivity index (χ1n) is 8.26. The molecule has 0 aliphatic rings. The average molecular weight is 330 g/mol. The molecule has 0 aliphatic carbocycles. The summed E-state index contributed by atoms with van der Waals surface area (Å²) in [5, 5.41) is 21.2. The molecule has 2 atom stereocenters. The number of aromatic nitrogens is 3. The van der Waals surface area contributed by atoms with E-state index in [1.807, 2.05) is 52.0 Å². The largest absolute Gasteiger partial charge is 0.388 e. The number of rotatable bonds is 6. The van der Waals surface area contributed by atoms with Crippen LogP contribution in [0.2, 0.25) is 0 Å². The van der Waals surface area contributed by atoms with Gasteiger partial charge in [-0.3, -0.25) is 4.79 Å². The number of hydrogen-bond donors (Lipinski definition) is 2. The lowest BCUT2D eigenvalue weighted by atomic mass is 9.88. The summed E-state index contributed by atoms with van der Waals surface area (Å²) in [6.07, 6.45) is 0.839. The summed E-state index contributed by atoms with van der Waals surface area (Å²) in [6.45, 7) is 9.71. The minimum atomic E-state index is -0.953. The molecule has 0 bridgehead atoms. The topological polar surface area (TPSA) is 80.0 Å². The van der Waals surface area contributed by atoms with E-state index in [9.17, 15) is 9.90 Å². The van der Waals surface area contributed by atoms with Crippen LogP contribution in [-0.4, -0.2) is 38.2 Å². The van der Waals surface area contributed by atoms with Crippen LogP contribution < -0.4 is 5.32 Å². The van der Waals surface area contributed by atoms with Gasteiger partial charge in [0, 0.05) is 6.54 Å². The monoisotopic (exact) mass is 330 g/mol. The summed E-state index contributed by atoms with van der Waals surface area (Å²) < 4.78 is 1.64. The zero-order valence-electron chi connectivity index (χ0n) is 15.0. The fourth-order valence-corrected chi connectivity index (χ4v) is 2.43. The maximum absolute atomic E-state index is 12.4. The van der Waals surface area contributed by atoms with Gasteiger partial charge in [0.1, 0.15) is 0 Å². The summed E-state index contributed by atoms with van der Waals surface area (Å²) in [5.74, 6) is -0.239. The Morgan fingerprint density at radius 3 is 2.54 bits per heavy atom. The quantitative estimate of drug-likeness (QED) is 0.852. The van der Waals surface area contributed by atoms with Crippen molar-refractivity contribution in [2.75, 3.05) is 6.54 Å². The molecule has 2 N–H and O–H groups in total. The number of aryl methyl sites for hydroxylation is 1. The van der Waals surface area contributed by atoms with Crippen LogP contribution in [0.25, 0.3) is 5.69 Å². The SMILES string of the molecule is CCC(C)C(C)(O)CNC(=O)c1nnn(-c2ccc(C)cc2)c1C. The maximum atomic E-state index is 12.4. The van der Waals surface area contributed by atoms with Gasteiger partial charge in [0.15, 0.2) is 5.69 Å². The fraction of sp³-hybridized carbons (Fsp3) is 0.500. The molecule has 1 aromatic carbocycles. The van der Waals surface area contributed by atoms with Gasteiger partial charge in [0.05, 0.1) is 17.0 Å². The van der Waals surface area contributed by atoms with Gasteiger partial charge < -0.3 is 10.4 Å². The van der Waals surface area contributed by atoms with E-state index in [1.165, 1.54) is 0 Å². The number of hydrogen-bond acceptors (Lipinski definition) is 4. The molecule has 1 amide bonds. The zero-order chi connectivity index (χ0) is 17.9. The Morgan fingerprint density at radius 1 is 1.33 bits per heavy atom. The highest BCUT2D eigenvalue weighted by atomic mass is 16.3. The van der Waals surface area contributed by atoms with E-state index in [0.29, 0.717) is 5.69 Å². The number of benzene rings is 1. The predicted octanol–water partition coefficient (Wildman–Crippen LogP) is 2.41. The van der Waals surface area contributed by atoms with Gasteiger partial charge in [-0.05, 0) is 38.8 Å². The lowest BCUT2D eigenvalue weighted by Gasteiger charge is -2.29. The first-order valence-corrected chi connectivity index (χ1v) is 8.26. The Balaban J connectivity index is 2.13. The molecule has 130 valence electrons. The number of carbonyl (C=O) groups excluding carboxylic acids is 1. The van der Waals surface area contributed by atoms with E-state index in [1.54, 1.807) is 11.6 Å². The van der Waals surface area contributed by atoms with Crippen molar-refractivity contribution < 1.29 is 9.90 Å². The molecule has 0 radical (unpaired) electrons. The molecule has 2 rings (SSSR count). The van der Waals surface area contributed by atoms with Crippen molar-refractivity contribution >= 4 is 5.91 Å². The summed E-state index contributed by atoms with van der Waals surface area (Å²) in [5.41, 5.74) is 2.00. The average Bonchev–Trinajstić information content (AvgIpc) is 2.94. The Bertz CT molecular complexity index is 704. The number of amides is 1. The van der Waals surface area contributed by atoms with Crippen molar-refractivity contribution in [1.29, 1.82) is 0 Å². The first kappa shape index (κ1) is 18.1. The van der Waals surface area contributed by atoms with Crippen molar-refractivity contribution in [2.24, 2.45) is 5.92 Å². The van der Waals surface area contributed by atoms with Crippen LogP contribution in [0, 0.1) is 19.8 Å². The van der Waals surface area contributed by atoms with E-state index >= 15 is 0 Å². The minimum Gasteiger partial charge on any atom is -0.388 e. The van der Waals surface area contributed by atoms with Gasteiger partial charge in [0.2, 0.25) is 0 Å². The van der Waals surface area contributed by atoms with Crippen LogP contribution in [0.15, 0.2) is 24.3 Å². The standard InChI is InChI=1S/C18H26N4O2/c1-6-13(3)18(5,24)11-19-17(23)16-14(4)22(21-20-16)15-9-7-12(2)8-10-15/h7-10,13,24H,6,11H2,1-5H3,(H,19,23). The molecule has 0 fully saturated rings. The van der Waals surface area contributed by atoms with Gasteiger partial charge in [-0.25, -0.2) is 4.68 Å². The van der Waals surface area contributed by atoms with Crippen molar-refractivity contribution in [3.05, 3.63) is 41.2 Å². The summed E-state index contributed by atoms with van der Waals surface area (Å²) >= 11 is 0. The highest BCUT2D eigenvalue weighted by molar-refractivity contribution is 5.93. The summed E-state index contributed by atoms with van der Waals surface area (Å²) in [4.78, 5) is 12.4. The van der Waals surface area contributed by atoms with Crippen LogP contribution in [0.1, 0.15) is 48.9 Å². The number of nitrogens with zero attached hydrogens (tertiary/aromatic N) is 3. The second-order valence-electron chi connectivity index (χ2n) is 6.62. The maximum Gasteiger partial charge on any atom is 0.273 e. The van der Waals surface area contributed by atoms with Crippen LogP contribution in [0.3, 0.4) is 0 Å². The lowest BCUT2D eigenvalue weighted by molar-refractivity contribution is 0.00587. The third-order valence-electron chi connectivity index (χ3n) is 4.67. The fourth-order valence-electron chi connectivity index (χ4n) is 2.43. The van der Waals surface area contributed by atoms with Crippen LogP contribution >= 0.6 is 0 Å². The van der Waals surface area contributed by atoms with E-state index in [0.717, 1.165) is 17.7 Å². The van der Waals surface area contributed by atoms with Crippen LogP contribution in [0.5, 0.6) is 0 Å². The second kappa shape index (κ2) is 7.13.